The fourth-order valence-electron chi connectivity index (χ4n) is 2.02. The summed E-state index contributed by atoms with van der Waals surface area (Å²) in [6, 6.07) is 0.374. The van der Waals surface area contributed by atoms with Gasteiger partial charge in [-0.1, -0.05) is 19.8 Å². The Labute approximate surface area is 69.3 Å². The van der Waals surface area contributed by atoms with Crippen molar-refractivity contribution in [1.29, 1.82) is 0 Å². The Balaban J connectivity index is 2.34. The molecule has 3 atom stereocenters. The summed E-state index contributed by atoms with van der Waals surface area (Å²) in [4.78, 5) is 0. The molecule has 0 bridgehead atoms. The molecule has 4 N–H and O–H groups in total. The molecule has 0 aromatic carbocycles. The van der Waals surface area contributed by atoms with Gasteiger partial charge in [-0.3, -0.25) is 0 Å². The molecule has 2 nitrogen and oxygen atoms in total. The van der Waals surface area contributed by atoms with Gasteiger partial charge in [0.1, 0.15) is 0 Å². The highest BCUT2D eigenvalue weighted by atomic mass is 14.7. The Morgan fingerprint density at radius 1 is 1.36 bits per heavy atom. The van der Waals surface area contributed by atoms with Crippen molar-refractivity contribution in [2.24, 2.45) is 23.3 Å². The quantitative estimate of drug-likeness (QED) is 0.629. The second-order valence-corrected chi connectivity index (χ2v) is 3.75. The van der Waals surface area contributed by atoms with Crippen LogP contribution in [0.15, 0.2) is 0 Å². The zero-order chi connectivity index (χ0) is 8.27. The molecule has 1 saturated carbocycles. The van der Waals surface area contributed by atoms with Gasteiger partial charge in [0.2, 0.25) is 0 Å². The Kier molecular flexibility index (Phi) is 3.34. The lowest BCUT2D eigenvalue weighted by Crippen LogP contribution is -2.40. The van der Waals surface area contributed by atoms with E-state index >= 15 is 0 Å². The first-order chi connectivity index (χ1) is 5.27. The van der Waals surface area contributed by atoms with E-state index in [2.05, 4.69) is 6.92 Å². The van der Waals surface area contributed by atoms with E-state index in [4.69, 9.17) is 11.5 Å². The van der Waals surface area contributed by atoms with Crippen LogP contribution in [-0.2, 0) is 0 Å². The highest BCUT2D eigenvalue weighted by Crippen LogP contribution is 2.28. The third-order valence-corrected chi connectivity index (χ3v) is 3.04. The zero-order valence-corrected chi connectivity index (χ0v) is 7.42. The molecule has 1 aliphatic rings. The van der Waals surface area contributed by atoms with Gasteiger partial charge in [0.25, 0.3) is 0 Å². The van der Waals surface area contributed by atoms with Gasteiger partial charge in [-0.25, -0.2) is 0 Å². The van der Waals surface area contributed by atoms with Gasteiger partial charge < -0.3 is 11.5 Å². The average Bonchev–Trinajstić information content (AvgIpc) is 2.04. The Bertz CT molecular complexity index is 114. The van der Waals surface area contributed by atoms with Crippen LogP contribution in [0.2, 0.25) is 0 Å². The van der Waals surface area contributed by atoms with E-state index in [1.807, 2.05) is 0 Å². The van der Waals surface area contributed by atoms with Crippen LogP contribution < -0.4 is 11.5 Å². The van der Waals surface area contributed by atoms with Crippen molar-refractivity contribution >= 4 is 0 Å². The van der Waals surface area contributed by atoms with Crippen LogP contribution in [0.5, 0.6) is 0 Å². The Morgan fingerprint density at radius 3 is 2.55 bits per heavy atom. The third-order valence-electron chi connectivity index (χ3n) is 3.04. The summed E-state index contributed by atoms with van der Waals surface area (Å²) in [7, 11) is 0. The monoisotopic (exact) mass is 156 g/mol. The minimum Gasteiger partial charge on any atom is -0.330 e. The first kappa shape index (κ1) is 9.01. The van der Waals surface area contributed by atoms with E-state index in [0.717, 1.165) is 12.5 Å². The molecular weight excluding hydrogens is 136 g/mol. The molecule has 0 saturated heterocycles. The maximum Gasteiger partial charge on any atom is 0.00818 e. The summed E-state index contributed by atoms with van der Waals surface area (Å²) in [5, 5.41) is 0. The summed E-state index contributed by atoms with van der Waals surface area (Å²) in [5.74, 6) is 1.46. The predicted molar refractivity (Wildman–Crippen MR) is 48.2 cm³/mol. The molecule has 2 heteroatoms. The van der Waals surface area contributed by atoms with Crippen molar-refractivity contribution in [3.63, 3.8) is 0 Å². The van der Waals surface area contributed by atoms with Gasteiger partial charge in [-0.15, -0.1) is 0 Å². The lowest BCUT2D eigenvalue weighted by atomic mass is 9.78. The summed E-state index contributed by atoms with van der Waals surface area (Å²) in [5.41, 5.74) is 11.6. The van der Waals surface area contributed by atoms with Crippen molar-refractivity contribution in [2.45, 2.75) is 38.6 Å². The van der Waals surface area contributed by atoms with E-state index in [0.29, 0.717) is 12.0 Å². The summed E-state index contributed by atoms with van der Waals surface area (Å²) < 4.78 is 0. The lowest BCUT2D eigenvalue weighted by Gasteiger charge is -2.32. The van der Waals surface area contributed by atoms with Crippen LogP contribution in [0, 0.1) is 11.8 Å². The van der Waals surface area contributed by atoms with Crippen molar-refractivity contribution in [3.05, 3.63) is 0 Å². The zero-order valence-electron chi connectivity index (χ0n) is 7.42. The van der Waals surface area contributed by atoms with Gasteiger partial charge in [0.15, 0.2) is 0 Å². The summed E-state index contributed by atoms with van der Waals surface area (Å²) in [6.07, 6.45) is 5.06. The second kappa shape index (κ2) is 4.07. The topological polar surface area (TPSA) is 52.0 Å². The van der Waals surface area contributed by atoms with Crippen LogP contribution in [0.4, 0.5) is 0 Å². The van der Waals surface area contributed by atoms with Crippen molar-refractivity contribution in [1.82, 2.24) is 0 Å². The van der Waals surface area contributed by atoms with Gasteiger partial charge in [0.05, 0.1) is 0 Å². The van der Waals surface area contributed by atoms with Gasteiger partial charge in [-0.2, -0.15) is 0 Å². The molecule has 0 spiro atoms. The maximum atomic E-state index is 5.98. The smallest absolute Gasteiger partial charge is 0.00818 e. The molecule has 0 amide bonds. The van der Waals surface area contributed by atoms with E-state index in [-0.39, 0.29) is 0 Å². The molecule has 66 valence electrons. The summed E-state index contributed by atoms with van der Waals surface area (Å²) >= 11 is 0. The highest BCUT2D eigenvalue weighted by Gasteiger charge is 2.25. The molecule has 11 heavy (non-hydrogen) atoms. The van der Waals surface area contributed by atoms with Crippen molar-refractivity contribution < 1.29 is 0 Å². The number of rotatable bonds is 2. The van der Waals surface area contributed by atoms with Gasteiger partial charge in [-0.05, 0) is 31.2 Å². The first-order valence-electron chi connectivity index (χ1n) is 4.73. The van der Waals surface area contributed by atoms with Crippen LogP contribution in [0.3, 0.4) is 0 Å². The van der Waals surface area contributed by atoms with Crippen molar-refractivity contribution in [2.75, 3.05) is 6.54 Å². The molecule has 0 aromatic heterocycles. The molecule has 0 aliphatic heterocycles. The SMILES string of the molecule is CCC1CCC(CN)C(N)C1. The van der Waals surface area contributed by atoms with Crippen LogP contribution in [0.1, 0.15) is 32.6 Å². The first-order valence-corrected chi connectivity index (χ1v) is 4.73. The minimum atomic E-state index is 0.374. The number of nitrogens with two attached hydrogens (primary N) is 2. The fourth-order valence-corrected chi connectivity index (χ4v) is 2.02. The molecule has 1 rings (SSSR count). The fraction of sp³-hybridized carbons (Fsp3) is 1.00. The van der Waals surface area contributed by atoms with Crippen LogP contribution in [-0.4, -0.2) is 12.6 Å². The molecule has 3 unspecified atom stereocenters. The van der Waals surface area contributed by atoms with Crippen LogP contribution in [0.25, 0.3) is 0 Å². The standard InChI is InChI=1S/C9H20N2/c1-2-7-3-4-8(6-10)9(11)5-7/h7-9H,2-6,10-11H2,1H3. The summed E-state index contributed by atoms with van der Waals surface area (Å²) in [6.45, 7) is 3.03. The number of hydrogen-bond donors (Lipinski definition) is 2. The number of hydrogen-bond acceptors (Lipinski definition) is 2. The predicted octanol–water partition coefficient (Wildman–Crippen LogP) is 1.10. The maximum absolute atomic E-state index is 5.98. The normalized spacial score (nSPS) is 39.0. The molecule has 0 radical (unpaired) electrons. The molecule has 1 aliphatic carbocycles. The van der Waals surface area contributed by atoms with Crippen molar-refractivity contribution in [3.8, 4) is 0 Å². The highest BCUT2D eigenvalue weighted by molar-refractivity contribution is 4.82. The largest absolute Gasteiger partial charge is 0.330 e. The molecule has 1 fully saturated rings. The molecular formula is C9H20N2. The van der Waals surface area contributed by atoms with Gasteiger partial charge in [0, 0.05) is 6.04 Å². The molecule has 0 heterocycles. The Morgan fingerprint density at radius 2 is 2.09 bits per heavy atom. The van der Waals surface area contributed by atoms with Crippen LogP contribution >= 0.6 is 0 Å². The second-order valence-electron chi connectivity index (χ2n) is 3.75. The van der Waals surface area contributed by atoms with E-state index in [1.165, 1.54) is 25.7 Å². The lowest BCUT2D eigenvalue weighted by molar-refractivity contribution is 0.238. The Hall–Kier alpha value is -0.0800. The molecule has 0 aromatic rings. The average molecular weight is 156 g/mol. The minimum absolute atomic E-state index is 0.374. The van der Waals surface area contributed by atoms with E-state index in [9.17, 15) is 0 Å². The van der Waals surface area contributed by atoms with Gasteiger partial charge >= 0.3 is 0 Å². The van der Waals surface area contributed by atoms with E-state index in [1.54, 1.807) is 0 Å². The van der Waals surface area contributed by atoms with E-state index < -0.39 is 0 Å². The third kappa shape index (κ3) is 2.17.